The molecule has 2 aromatic rings. The van der Waals surface area contributed by atoms with E-state index in [1.54, 1.807) is 31.2 Å². The van der Waals surface area contributed by atoms with Gasteiger partial charge in [-0.2, -0.15) is 13.2 Å². The number of carbonyl (C=O) groups is 2. The van der Waals surface area contributed by atoms with E-state index in [4.69, 9.17) is 9.84 Å². The van der Waals surface area contributed by atoms with E-state index in [1.165, 1.54) is 13.8 Å². The lowest BCUT2D eigenvalue weighted by molar-refractivity contribution is -0.152. The van der Waals surface area contributed by atoms with Crippen molar-refractivity contribution in [2.24, 2.45) is 0 Å². The molecule has 9 heteroatoms. The first-order valence-corrected chi connectivity index (χ1v) is 8.98. The minimum absolute atomic E-state index is 0.289. The summed E-state index contributed by atoms with van der Waals surface area (Å²) in [5.74, 6) is -2.83. The Balaban J connectivity index is 1.99. The molecule has 0 aliphatic heterocycles. The lowest BCUT2D eigenvalue weighted by Crippen LogP contribution is -2.37. The Bertz CT molecular complexity index is 924. The zero-order valence-electron chi connectivity index (χ0n) is 16.5. The molecule has 5 nitrogen and oxygen atoms in total. The molecule has 0 fully saturated rings. The Morgan fingerprint density at radius 3 is 2.20 bits per heavy atom. The van der Waals surface area contributed by atoms with Gasteiger partial charge in [0.05, 0.1) is 11.1 Å². The van der Waals surface area contributed by atoms with E-state index in [2.05, 4.69) is 5.32 Å². The van der Waals surface area contributed by atoms with E-state index < -0.39 is 46.6 Å². The number of nitrogens with one attached hydrogen (secondary N) is 1. The molecule has 162 valence electrons. The number of ether oxygens (including phenoxy) is 1. The zero-order chi connectivity index (χ0) is 22.7. The van der Waals surface area contributed by atoms with Crippen molar-refractivity contribution in [2.75, 3.05) is 0 Å². The molecule has 0 spiro atoms. The van der Waals surface area contributed by atoms with Gasteiger partial charge in [-0.3, -0.25) is 4.79 Å². The molecule has 2 aromatic carbocycles. The van der Waals surface area contributed by atoms with E-state index in [9.17, 15) is 27.2 Å². The van der Waals surface area contributed by atoms with Crippen LogP contribution in [0.15, 0.2) is 42.5 Å². The summed E-state index contributed by atoms with van der Waals surface area (Å²) in [6.07, 6.45) is -4.34. The van der Waals surface area contributed by atoms with Crippen LogP contribution in [0.3, 0.4) is 0 Å². The SMILES string of the molecule is CC(Cc1ccc(OC(C)(C)C(=O)O)cc1)NC(=O)c1ccc(C(F)(F)F)cc1F. The summed E-state index contributed by atoms with van der Waals surface area (Å²) >= 11 is 0. The quantitative estimate of drug-likeness (QED) is 0.641. The standard InChI is InChI=1S/C21H21F4NO4/c1-12(10-13-4-7-15(8-5-13)30-20(2,3)19(28)29)26-18(27)16-9-6-14(11-17(16)22)21(23,24)25/h4-9,11-12H,10H2,1-3H3,(H,26,27)(H,28,29). The van der Waals surface area contributed by atoms with Gasteiger partial charge >= 0.3 is 12.1 Å². The van der Waals surface area contributed by atoms with Crippen molar-refractivity contribution < 1.29 is 37.0 Å². The lowest BCUT2D eigenvalue weighted by Gasteiger charge is -2.21. The van der Waals surface area contributed by atoms with E-state index in [1.807, 2.05) is 0 Å². The largest absolute Gasteiger partial charge is 0.478 e. The van der Waals surface area contributed by atoms with E-state index >= 15 is 0 Å². The summed E-state index contributed by atoms with van der Waals surface area (Å²) in [5.41, 5.74) is -2.25. The lowest BCUT2D eigenvalue weighted by atomic mass is 10.1. The van der Waals surface area contributed by atoms with Gasteiger partial charge in [0.1, 0.15) is 11.6 Å². The average molecular weight is 427 g/mol. The van der Waals surface area contributed by atoms with Gasteiger partial charge in [-0.25, -0.2) is 9.18 Å². The third-order valence-electron chi connectivity index (χ3n) is 4.27. The van der Waals surface area contributed by atoms with Crippen LogP contribution >= 0.6 is 0 Å². The smallest absolute Gasteiger partial charge is 0.416 e. The molecule has 2 rings (SSSR count). The molecule has 0 bridgehead atoms. The van der Waals surface area contributed by atoms with Crippen molar-refractivity contribution in [3.8, 4) is 5.75 Å². The molecule has 0 aliphatic rings. The molecule has 0 aliphatic carbocycles. The number of amides is 1. The van der Waals surface area contributed by atoms with Crippen LogP contribution in [-0.2, 0) is 17.4 Å². The highest BCUT2D eigenvalue weighted by Crippen LogP contribution is 2.30. The Morgan fingerprint density at radius 1 is 1.10 bits per heavy atom. The Labute approximate surface area is 170 Å². The highest BCUT2D eigenvalue weighted by molar-refractivity contribution is 5.94. The van der Waals surface area contributed by atoms with Crippen LogP contribution in [0.2, 0.25) is 0 Å². The molecular weight excluding hydrogens is 406 g/mol. The molecule has 0 saturated carbocycles. The predicted octanol–water partition coefficient (Wildman–Crippen LogP) is 4.45. The second-order valence-corrected chi connectivity index (χ2v) is 7.33. The monoisotopic (exact) mass is 427 g/mol. The number of aliphatic carboxylic acids is 1. The average Bonchev–Trinajstić information content (AvgIpc) is 2.62. The van der Waals surface area contributed by atoms with Crippen molar-refractivity contribution in [1.82, 2.24) is 5.32 Å². The maximum absolute atomic E-state index is 13.9. The van der Waals surface area contributed by atoms with Crippen LogP contribution in [0, 0.1) is 5.82 Å². The van der Waals surface area contributed by atoms with Gasteiger partial charge in [-0.1, -0.05) is 12.1 Å². The van der Waals surface area contributed by atoms with Gasteiger partial charge in [0, 0.05) is 6.04 Å². The normalized spacial score (nSPS) is 12.9. The van der Waals surface area contributed by atoms with Gasteiger partial charge in [0.15, 0.2) is 5.60 Å². The highest BCUT2D eigenvalue weighted by Gasteiger charge is 2.32. The fraction of sp³-hybridized carbons (Fsp3) is 0.333. The minimum Gasteiger partial charge on any atom is -0.478 e. The fourth-order valence-corrected chi connectivity index (χ4v) is 2.61. The summed E-state index contributed by atoms with van der Waals surface area (Å²) in [4.78, 5) is 23.3. The van der Waals surface area contributed by atoms with E-state index in [0.717, 1.165) is 11.6 Å². The maximum atomic E-state index is 13.9. The van der Waals surface area contributed by atoms with Crippen molar-refractivity contribution in [3.63, 3.8) is 0 Å². The molecule has 30 heavy (non-hydrogen) atoms. The molecule has 0 aromatic heterocycles. The van der Waals surface area contributed by atoms with Crippen molar-refractivity contribution >= 4 is 11.9 Å². The number of hydrogen-bond acceptors (Lipinski definition) is 3. The molecule has 1 amide bonds. The molecule has 0 heterocycles. The van der Waals surface area contributed by atoms with E-state index in [-0.39, 0.29) is 6.07 Å². The molecule has 0 saturated heterocycles. The summed E-state index contributed by atoms with van der Waals surface area (Å²) in [6.45, 7) is 4.50. The highest BCUT2D eigenvalue weighted by atomic mass is 19.4. The fourth-order valence-electron chi connectivity index (χ4n) is 2.61. The number of carboxylic acids is 1. The van der Waals surface area contributed by atoms with Crippen LogP contribution in [0.5, 0.6) is 5.75 Å². The number of benzene rings is 2. The Morgan fingerprint density at radius 2 is 1.70 bits per heavy atom. The first-order chi connectivity index (χ1) is 13.8. The van der Waals surface area contributed by atoms with Crippen molar-refractivity contribution in [1.29, 1.82) is 0 Å². The van der Waals surface area contributed by atoms with Crippen LogP contribution in [0.1, 0.15) is 42.3 Å². The second-order valence-electron chi connectivity index (χ2n) is 7.33. The number of hydrogen-bond donors (Lipinski definition) is 2. The summed E-state index contributed by atoms with van der Waals surface area (Å²) < 4.78 is 57.1. The molecular formula is C21H21F4NO4. The van der Waals surface area contributed by atoms with Crippen LogP contribution in [0.4, 0.5) is 17.6 Å². The molecule has 1 atom stereocenters. The van der Waals surface area contributed by atoms with Gasteiger partial charge in [0.25, 0.3) is 5.91 Å². The first-order valence-electron chi connectivity index (χ1n) is 8.98. The van der Waals surface area contributed by atoms with Crippen molar-refractivity contribution in [3.05, 3.63) is 65.0 Å². The third kappa shape index (κ3) is 5.95. The number of carbonyl (C=O) groups excluding carboxylic acids is 1. The second kappa shape index (κ2) is 8.73. The minimum atomic E-state index is -4.70. The van der Waals surface area contributed by atoms with Crippen LogP contribution < -0.4 is 10.1 Å². The molecule has 2 N–H and O–H groups in total. The third-order valence-corrected chi connectivity index (χ3v) is 4.27. The number of halogens is 4. The van der Waals surface area contributed by atoms with Crippen molar-refractivity contribution in [2.45, 2.75) is 45.0 Å². The van der Waals surface area contributed by atoms with Crippen LogP contribution in [0.25, 0.3) is 0 Å². The predicted molar refractivity (Wildman–Crippen MR) is 101 cm³/mol. The number of alkyl halides is 3. The summed E-state index contributed by atoms with van der Waals surface area (Å²) in [5, 5.41) is 11.6. The Hall–Kier alpha value is -3.10. The van der Waals surface area contributed by atoms with Gasteiger partial charge < -0.3 is 15.2 Å². The summed E-state index contributed by atoms with van der Waals surface area (Å²) in [6, 6.07) is 7.85. The first kappa shape index (κ1) is 23.2. The Kier molecular flexibility index (Phi) is 6.74. The molecule has 0 radical (unpaired) electrons. The zero-order valence-corrected chi connectivity index (χ0v) is 16.5. The summed E-state index contributed by atoms with van der Waals surface area (Å²) in [7, 11) is 0. The number of carboxylic acid groups (broad SMARTS) is 1. The van der Waals surface area contributed by atoms with Gasteiger partial charge in [-0.05, 0) is 63.1 Å². The maximum Gasteiger partial charge on any atom is 0.416 e. The van der Waals surface area contributed by atoms with Gasteiger partial charge in [0.2, 0.25) is 0 Å². The molecule has 1 unspecified atom stereocenters. The van der Waals surface area contributed by atoms with E-state index in [0.29, 0.717) is 18.2 Å². The van der Waals surface area contributed by atoms with Gasteiger partial charge in [-0.15, -0.1) is 0 Å². The number of rotatable bonds is 7. The topological polar surface area (TPSA) is 75.6 Å². The van der Waals surface area contributed by atoms with Crippen LogP contribution in [-0.4, -0.2) is 28.6 Å².